The molecule has 0 radical (unpaired) electrons. The molecule has 102 valence electrons. The van der Waals surface area contributed by atoms with Crippen molar-refractivity contribution in [3.05, 3.63) is 36.0 Å². The summed E-state index contributed by atoms with van der Waals surface area (Å²) in [5, 5.41) is 14.4. The molecule has 1 aromatic heterocycles. The van der Waals surface area contributed by atoms with Crippen LogP contribution in [0.1, 0.15) is 31.2 Å². The molecular formula is C16H22N2O. The van der Waals surface area contributed by atoms with E-state index in [9.17, 15) is 5.11 Å². The van der Waals surface area contributed by atoms with Crippen LogP contribution < -0.4 is 5.32 Å². The number of nitrogens with one attached hydrogen (secondary N) is 2. The molecule has 0 spiro atoms. The van der Waals surface area contributed by atoms with E-state index >= 15 is 0 Å². The molecule has 1 aromatic carbocycles. The van der Waals surface area contributed by atoms with E-state index < -0.39 is 0 Å². The Kier molecular flexibility index (Phi) is 3.85. The monoisotopic (exact) mass is 258 g/mol. The van der Waals surface area contributed by atoms with Gasteiger partial charge in [0.05, 0.1) is 0 Å². The number of fused-ring (bicyclic) bond motifs is 1. The second-order valence-corrected chi connectivity index (χ2v) is 5.57. The number of aromatic nitrogens is 1. The van der Waals surface area contributed by atoms with Crippen molar-refractivity contribution >= 4 is 10.9 Å². The fraction of sp³-hybridized carbons (Fsp3) is 0.500. The molecule has 1 aliphatic carbocycles. The first-order valence-corrected chi connectivity index (χ1v) is 7.27. The molecule has 2 atom stereocenters. The zero-order chi connectivity index (χ0) is 13.1. The second kappa shape index (κ2) is 5.76. The summed E-state index contributed by atoms with van der Waals surface area (Å²) in [6, 6.07) is 8.87. The summed E-state index contributed by atoms with van der Waals surface area (Å²) in [5.74, 6) is 0.430. The molecule has 0 saturated heterocycles. The Bertz CT molecular complexity index is 534. The van der Waals surface area contributed by atoms with Crippen molar-refractivity contribution < 1.29 is 5.11 Å². The number of aromatic amines is 1. The minimum atomic E-state index is 0.311. The fourth-order valence-electron chi connectivity index (χ4n) is 3.21. The number of aliphatic hydroxyl groups is 1. The van der Waals surface area contributed by atoms with E-state index in [0.29, 0.717) is 18.6 Å². The summed E-state index contributed by atoms with van der Waals surface area (Å²) < 4.78 is 0. The van der Waals surface area contributed by atoms with Gasteiger partial charge < -0.3 is 15.4 Å². The molecule has 0 bridgehead atoms. The lowest BCUT2D eigenvalue weighted by Gasteiger charge is -2.31. The minimum Gasteiger partial charge on any atom is -0.396 e. The van der Waals surface area contributed by atoms with Gasteiger partial charge in [-0.3, -0.25) is 0 Å². The average Bonchev–Trinajstić information content (AvgIpc) is 2.89. The van der Waals surface area contributed by atoms with Crippen LogP contribution in [0.4, 0.5) is 0 Å². The van der Waals surface area contributed by atoms with E-state index in [2.05, 4.69) is 40.8 Å². The molecule has 0 amide bonds. The third-order valence-electron chi connectivity index (χ3n) is 4.37. The normalized spacial score (nSPS) is 23.8. The van der Waals surface area contributed by atoms with Gasteiger partial charge in [-0.2, -0.15) is 0 Å². The van der Waals surface area contributed by atoms with Crippen molar-refractivity contribution in [3.8, 4) is 0 Å². The lowest BCUT2D eigenvalue weighted by Crippen LogP contribution is -2.39. The Morgan fingerprint density at radius 3 is 2.95 bits per heavy atom. The zero-order valence-electron chi connectivity index (χ0n) is 11.2. The Hall–Kier alpha value is -1.32. The van der Waals surface area contributed by atoms with Crippen LogP contribution in [0.2, 0.25) is 0 Å². The Morgan fingerprint density at radius 1 is 1.21 bits per heavy atom. The molecule has 1 saturated carbocycles. The van der Waals surface area contributed by atoms with Crippen LogP contribution in [0, 0.1) is 5.92 Å². The van der Waals surface area contributed by atoms with Crippen LogP contribution in [0.5, 0.6) is 0 Å². The number of H-pyrrole nitrogens is 1. The highest BCUT2D eigenvalue weighted by Crippen LogP contribution is 2.25. The first kappa shape index (κ1) is 12.7. The van der Waals surface area contributed by atoms with Gasteiger partial charge in [0.1, 0.15) is 0 Å². The van der Waals surface area contributed by atoms with Crippen LogP contribution in [0.3, 0.4) is 0 Å². The molecule has 3 N–H and O–H groups in total. The van der Waals surface area contributed by atoms with Crippen LogP contribution in [0.25, 0.3) is 10.9 Å². The maximum Gasteiger partial charge on any atom is 0.0474 e. The van der Waals surface area contributed by atoms with Crippen molar-refractivity contribution in [2.45, 2.75) is 38.3 Å². The molecule has 3 rings (SSSR count). The van der Waals surface area contributed by atoms with Gasteiger partial charge in [0.25, 0.3) is 0 Å². The zero-order valence-corrected chi connectivity index (χ0v) is 11.2. The van der Waals surface area contributed by atoms with E-state index in [1.54, 1.807) is 0 Å². The smallest absolute Gasteiger partial charge is 0.0474 e. The number of rotatable bonds is 4. The SMILES string of the molecule is OCC1CCCCC1NCc1c[nH]c2ccccc12. The summed E-state index contributed by atoms with van der Waals surface area (Å²) >= 11 is 0. The number of benzene rings is 1. The predicted octanol–water partition coefficient (Wildman–Crippen LogP) is 2.81. The Morgan fingerprint density at radius 2 is 2.05 bits per heavy atom. The lowest BCUT2D eigenvalue weighted by atomic mass is 9.85. The van der Waals surface area contributed by atoms with Crippen LogP contribution in [0.15, 0.2) is 30.5 Å². The largest absolute Gasteiger partial charge is 0.396 e. The van der Waals surface area contributed by atoms with Crippen molar-refractivity contribution in [2.75, 3.05) is 6.61 Å². The number of hydrogen-bond donors (Lipinski definition) is 3. The van der Waals surface area contributed by atoms with Crippen molar-refractivity contribution in [2.24, 2.45) is 5.92 Å². The van der Waals surface area contributed by atoms with Crippen LogP contribution in [-0.2, 0) is 6.54 Å². The van der Waals surface area contributed by atoms with Crippen LogP contribution in [-0.4, -0.2) is 22.7 Å². The summed E-state index contributed by atoms with van der Waals surface area (Å²) in [4.78, 5) is 3.31. The van der Waals surface area contributed by atoms with E-state index in [0.717, 1.165) is 13.0 Å². The second-order valence-electron chi connectivity index (χ2n) is 5.57. The highest BCUT2D eigenvalue weighted by molar-refractivity contribution is 5.82. The van der Waals surface area contributed by atoms with Crippen molar-refractivity contribution in [1.82, 2.24) is 10.3 Å². The molecule has 19 heavy (non-hydrogen) atoms. The Labute approximate surface area is 114 Å². The number of para-hydroxylation sites is 1. The topological polar surface area (TPSA) is 48.0 Å². The van der Waals surface area contributed by atoms with E-state index in [-0.39, 0.29) is 0 Å². The lowest BCUT2D eigenvalue weighted by molar-refractivity contribution is 0.152. The van der Waals surface area contributed by atoms with Crippen LogP contribution >= 0.6 is 0 Å². The maximum absolute atomic E-state index is 9.44. The van der Waals surface area contributed by atoms with Crippen molar-refractivity contribution in [1.29, 1.82) is 0 Å². The quantitative estimate of drug-likeness (QED) is 0.789. The first-order valence-electron chi connectivity index (χ1n) is 7.27. The molecule has 3 heteroatoms. The molecule has 1 heterocycles. The number of aliphatic hydroxyl groups excluding tert-OH is 1. The van der Waals surface area contributed by atoms with Gasteiger partial charge in [0.2, 0.25) is 0 Å². The first-order chi connectivity index (χ1) is 9.38. The summed E-state index contributed by atoms with van der Waals surface area (Å²) in [6.45, 7) is 1.19. The summed E-state index contributed by atoms with van der Waals surface area (Å²) in [5.41, 5.74) is 2.51. The highest BCUT2D eigenvalue weighted by Gasteiger charge is 2.23. The summed E-state index contributed by atoms with van der Waals surface area (Å²) in [6.07, 6.45) is 6.97. The third kappa shape index (κ3) is 2.67. The van der Waals surface area contributed by atoms with Crippen molar-refractivity contribution in [3.63, 3.8) is 0 Å². The average molecular weight is 258 g/mol. The molecular weight excluding hydrogens is 236 g/mol. The Balaban J connectivity index is 1.68. The highest BCUT2D eigenvalue weighted by atomic mass is 16.3. The van der Waals surface area contributed by atoms with Gasteiger partial charge in [-0.05, 0) is 30.4 Å². The van der Waals surface area contributed by atoms with Gasteiger partial charge in [-0.15, -0.1) is 0 Å². The number of hydrogen-bond acceptors (Lipinski definition) is 2. The molecule has 0 aliphatic heterocycles. The maximum atomic E-state index is 9.44. The van der Waals surface area contributed by atoms with E-state index in [4.69, 9.17) is 0 Å². The molecule has 1 fully saturated rings. The molecule has 3 nitrogen and oxygen atoms in total. The standard InChI is InChI=1S/C16H22N2O/c19-11-12-5-1-3-7-15(12)17-9-13-10-18-16-8-4-2-6-14(13)16/h2,4,6,8,10,12,15,17-19H,1,3,5,7,9,11H2. The minimum absolute atomic E-state index is 0.311. The van der Waals surface area contributed by atoms with E-state index in [1.807, 2.05) is 0 Å². The summed E-state index contributed by atoms with van der Waals surface area (Å²) in [7, 11) is 0. The third-order valence-corrected chi connectivity index (χ3v) is 4.37. The molecule has 1 aliphatic rings. The van der Waals surface area contributed by atoms with Gasteiger partial charge in [0, 0.05) is 36.3 Å². The predicted molar refractivity (Wildman–Crippen MR) is 78.0 cm³/mol. The van der Waals surface area contributed by atoms with Gasteiger partial charge in [-0.25, -0.2) is 0 Å². The van der Waals surface area contributed by atoms with Gasteiger partial charge in [0.15, 0.2) is 0 Å². The fourth-order valence-corrected chi connectivity index (χ4v) is 3.21. The van der Waals surface area contributed by atoms with Gasteiger partial charge in [-0.1, -0.05) is 31.0 Å². The van der Waals surface area contributed by atoms with E-state index in [1.165, 1.54) is 35.7 Å². The molecule has 2 aromatic rings. The molecule has 2 unspecified atom stereocenters. The van der Waals surface area contributed by atoms with Gasteiger partial charge >= 0.3 is 0 Å².